The lowest BCUT2D eigenvalue weighted by atomic mass is 9.91. The zero-order valence-corrected chi connectivity index (χ0v) is 21.4. The average molecular weight is 512 g/mol. The number of urea groups is 1. The molecule has 1 saturated carbocycles. The number of nitrogens with one attached hydrogen (secondary N) is 1. The molecule has 9 heteroatoms. The van der Waals surface area contributed by atoms with Crippen LogP contribution in [-0.4, -0.2) is 52.3 Å². The Kier molecular flexibility index (Phi) is 7.47. The second-order valence-corrected chi connectivity index (χ2v) is 9.69. The maximum Gasteiger partial charge on any atom is 0.330 e. The zero-order valence-electron chi connectivity index (χ0n) is 20.6. The molecule has 1 saturated heterocycles. The molecule has 1 aliphatic heterocycles. The Morgan fingerprint density at radius 2 is 1.83 bits per heavy atom. The lowest BCUT2D eigenvalue weighted by Crippen LogP contribution is -2.54. The summed E-state index contributed by atoms with van der Waals surface area (Å²) in [6, 6.07) is 11.9. The van der Waals surface area contributed by atoms with Crippen LogP contribution in [0.3, 0.4) is 0 Å². The van der Waals surface area contributed by atoms with Gasteiger partial charge in [0.2, 0.25) is 6.23 Å². The first-order valence-corrected chi connectivity index (χ1v) is 12.5. The molecule has 2 aromatic carbocycles. The summed E-state index contributed by atoms with van der Waals surface area (Å²) >= 11 is 6.27. The number of imide groups is 1. The van der Waals surface area contributed by atoms with E-state index in [0.29, 0.717) is 24.9 Å². The number of nitrogens with zero attached hydrogens (tertiary/aromatic N) is 2. The summed E-state index contributed by atoms with van der Waals surface area (Å²) in [5.41, 5.74) is 1.22. The average Bonchev–Trinajstić information content (AvgIpc) is 3.64. The summed E-state index contributed by atoms with van der Waals surface area (Å²) in [5.74, 6) is -1.94. The van der Waals surface area contributed by atoms with Crippen LogP contribution in [0.2, 0.25) is 5.02 Å². The molecule has 2 atom stereocenters. The van der Waals surface area contributed by atoms with Crippen molar-refractivity contribution in [3.63, 3.8) is 0 Å². The predicted molar refractivity (Wildman–Crippen MR) is 135 cm³/mol. The number of carbonyl (C=O) groups excluding carboxylic acids is 4. The molecular formula is C27H30ClN3O5. The molecule has 1 N–H and O–H groups in total. The molecule has 2 unspecified atom stereocenters. The van der Waals surface area contributed by atoms with Crippen LogP contribution < -0.4 is 5.32 Å². The summed E-state index contributed by atoms with van der Waals surface area (Å²) in [6.07, 6.45) is 0.497. The van der Waals surface area contributed by atoms with E-state index in [-0.39, 0.29) is 18.2 Å². The minimum absolute atomic E-state index is 0.0950. The minimum atomic E-state index is -1.63. The van der Waals surface area contributed by atoms with E-state index in [9.17, 15) is 19.2 Å². The Bertz CT molecular complexity index is 1180. The number of hydrogen-bond donors (Lipinski definition) is 1. The number of halogens is 1. The van der Waals surface area contributed by atoms with Crippen LogP contribution >= 0.6 is 11.6 Å². The van der Waals surface area contributed by atoms with Gasteiger partial charge in [0.1, 0.15) is 0 Å². The summed E-state index contributed by atoms with van der Waals surface area (Å²) in [4.78, 5) is 56.6. The molecule has 2 aliphatic rings. The topological polar surface area (TPSA) is 96.0 Å². The first kappa shape index (κ1) is 25.9. The van der Waals surface area contributed by atoms with Gasteiger partial charge >= 0.3 is 6.03 Å². The number of benzene rings is 2. The molecule has 0 spiro atoms. The number of anilines is 1. The maximum atomic E-state index is 13.8. The Morgan fingerprint density at radius 3 is 2.44 bits per heavy atom. The molecule has 1 heterocycles. The Hall–Kier alpha value is -3.23. The van der Waals surface area contributed by atoms with E-state index in [1.54, 1.807) is 25.1 Å². The normalized spacial score (nSPS) is 19.4. The number of rotatable bonds is 10. The van der Waals surface area contributed by atoms with Gasteiger partial charge in [0, 0.05) is 12.0 Å². The number of carbonyl (C=O) groups is 4. The number of ether oxygens (including phenoxy) is 1. The van der Waals surface area contributed by atoms with Crippen molar-refractivity contribution in [1.82, 2.24) is 9.80 Å². The SMILES string of the molecule is CCOC1C(=O)N(C(C(=O)Nc2cc(C)ccc2Cl)C(=O)C2(CC)CC2)C(=O)N1Cc1ccccc1. The number of amides is 4. The highest BCUT2D eigenvalue weighted by atomic mass is 35.5. The summed E-state index contributed by atoms with van der Waals surface area (Å²) in [6.45, 7) is 5.69. The van der Waals surface area contributed by atoms with Crippen molar-refractivity contribution in [3.05, 3.63) is 64.7 Å². The van der Waals surface area contributed by atoms with Gasteiger partial charge in [-0.2, -0.15) is 0 Å². The lowest BCUT2D eigenvalue weighted by Gasteiger charge is -2.27. The Balaban J connectivity index is 1.71. The smallest absolute Gasteiger partial charge is 0.330 e. The largest absolute Gasteiger partial charge is 0.350 e. The lowest BCUT2D eigenvalue weighted by molar-refractivity contribution is -0.149. The molecule has 1 aliphatic carbocycles. The molecule has 8 nitrogen and oxygen atoms in total. The van der Waals surface area contributed by atoms with Crippen molar-refractivity contribution in [1.29, 1.82) is 0 Å². The van der Waals surface area contributed by atoms with Gasteiger partial charge in [-0.3, -0.25) is 19.3 Å². The Morgan fingerprint density at radius 1 is 1.14 bits per heavy atom. The molecule has 0 aromatic heterocycles. The van der Waals surface area contributed by atoms with E-state index in [2.05, 4.69) is 5.32 Å². The molecule has 0 radical (unpaired) electrons. The molecule has 190 valence electrons. The predicted octanol–water partition coefficient (Wildman–Crippen LogP) is 4.54. The zero-order chi connectivity index (χ0) is 26.0. The maximum absolute atomic E-state index is 13.8. The number of Topliss-reactive ketones (excluding diaryl/α,β-unsaturated/α-hetero) is 1. The van der Waals surface area contributed by atoms with E-state index in [1.165, 1.54) is 4.90 Å². The van der Waals surface area contributed by atoms with Gasteiger partial charge in [-0.1, -0.05) is 54.9 Å². The quantitative estimate of drug-likeness (QED) is 0.373. The van der Waals surface area contributed by atoms with E-state index in [4.69, 9.17) is 16.3 Å². The Labute approximate surface area is 215 Å². The van der Waals surface area contributed by atoms with Crippen molar-refractivity contribution in [2.45, 2.75) is 58.8 Å². The van der Waals surface area contributed by atoms with Gasteiger partial charge in [-0.05, 0) is 56.4 Å². The minimum Gasteiger partial charge on any atom is -0.350 e. The fourth-order valence-corrected chi connectivity index (χ4v) is 4.74. The van der Waals surface area contributed by atoms with Crippen molar-refractivity contribution in [2.75, 3.05) is 11.9 Å². The monoisotopic (exact) mass is 511 g/mol. The van der Waals surface area contributed by atoms with Gasteiger partial charge in [-0.15, -0.1) is 0 Å². The standard InChI is InChI=1S/C27H30ClN3O5/c1-4-27(13-14-27)22(32)21(23(33)29-20-15-17(3)11-12-19(20)28)31-24(34)25(36-5-2)30(26(31)35)16-18-9-7-6-8-10-18/h6-12,15,21,25H,4-5,13-14,16H2,1-3H3,(H,29,33). The van der Waals surface area contributed by atoms with Crippen LogP contribution in [0.15, 0.2) is 48.5 Å². The fraction of sp³-hybridized carbons (Fsp3) is 0.407. The highest BCUT2D eigenvalue weighted by Crippen LogP contribution is 2.51. The van der Waals surface area contributed by atoms with Gasteiger partial charge in [0.05, 0.1) is 17.3 Å². The van der Waals surface area contributed by atoms with E-state index >= 15 is 0 Å². The molecule has 4 rings (SSSR count). The summed E-state index contributed by atoms with van der Waals surface area (Å²) in [5, 5.41) is 2.97. The summed E-state index contributed by atoms with van der Waals surface area (Å²) in [7, 11) is 0. The molecule has 0 bridgehead atoms. The first-order chi connectivity index (χ1) is 17.2. The molecular weight excluding hydrogens is 482 g/mol. The highest BCUT2D eigenvalue weighted by molar-refractivity contribution is 6.34. The van der Waals surface area contributed by atoms with Gasteiger partial charge in [-0.25, -0.2) is 9.69 Å². The number of ketones is 1. The number of hydrogen-bond acceptors (Lipinski definition) is 5. The molecule has 2 aromatic rings. The molecule has 36 heavy (non-hydrogen) atoms. The van der Waals surface area contributed by atoms with Crippen molar-refractivity contribution >= 4 is 40.9 Å². The van der Waals surface area contributed by atoms with Crippen LogP contribution in [-0.2, 0) is 25.7 Å². The molecule has 2 fully saturated rings. The van der Waals surface area contributed by atoms with Gasteiger partial charge in [0.25, 0.3) is 11.8 Å². The van der Waals surface area contributed by atoms with Crippen molar-refractivity contribution in [2.24, 2.45) is 5.41 Å². The summed E-state index contributed by atoms with van der Waals surface area (Å²) < 4.78 is 5.64. The first-order valence-electron chi connectivity index (χ1n) is 12.1. The van der Waals surface area contributed by atoms with E-state index in [1.807, 2.05) is 44.2 Å². The fourth-order valence-electron chi connectivity index (χ4n) is 4.58. The van der Waals surface area contributed by atoms with E-state index in [0.717, 1.165) is 16.0 Å². The third kappa shape index (κ3) is 4.88. The van der Waals surface area contributed by atoms with E-state index < -0.39 is 41.3 Å². The molecule has 4 amide bonds. The van der Waals surface area contributed by atoms with Crippen LogP contribution in [0, 0.1) is 12.3 Å². The highest BCUT2D eigenvalue weighted by Gasteiger charge is 2.59. The van der Waals surface area contributed by atoms with Gasteiger partial charge < -0.3 is 10.1 Å². The second kappa shape index (κ2) is 10.4. The second-order valence-electron chi connectivity index (χ2n) is 9.29. The third-order valence-corrected chi connectivity index (χ3v) is 7.22. The van der Waals surface area contributed by atoms with Crippen LogP contribution in [0.25, 0.3) is 0 Å². The number of aryl methyl sites for hydroxylation is 1. The van der Waals surface area contributed by atoms with Crippen molar-refractivity contribution in [3.8, 4) is 0 Å². The third-order valence-electron chi connectivity index (χ3n) is 6.89. The van der Waals surface area contributed by atoms with Gasteiger partial charge in [0.15, 0.2) is 11.8 Å². The van der Waals surface area contributed by atoms with Crippen molar-refractivity contribution < 1.29 is 23.9 Å². The van der Waals surface area contributed by atoms with Crippen LogP contribution in [0.1, 0.15) is 44.2 Å². The van der Waals surface area contributed by atoms with Crippen LogP contribution in [0.5, 0.6) is 0 Å². The van der Waals surface area contributed by atoms with Crippen LogP contribution in [0.4, 0.5) is 10.5 Å².